The molecule has 0 radical (unpaired) electrons. The Bertz CT molecular complexity index is 790. The van der Waals surface area contributed by atoms with Gasteiger partial charge in [0.05, 0.1) is 6.04 Å². The Hall–Kier alpha value is -1.65. The third-order valence-electron chi connectivity index (χ3n) is 9.41. The number of amides is 2. The smallest absolute Gasteiger partial charge is 0.257 e. The average Bonchev–Trinajstić information content (AvgIpc) is 3.13. The number of ketones is 1. The minimum Gasteiger partial charge on any atom is -0.348 e. The maximum Gasteiger partial charge on any atom is 0.257 e. The van der Waals surface area contributed by atoms with Crippen molar-refractivity contribution in [3.05, 3.63) is 11.6 Å². The van der Waals surface area contributed by atoms with Crippen LogP contribution in [0, 0.1) is 28.6 Å². The van der Waals surface area contributed by atoms with E-state index in [1.54, 1.807) is 6.92 Å². The highest BCUT2D eigenvalue weighted by Crippen LogP contribution is 2.63. The number of hydrogen-bond acceptors (Lipinski definition) is 3. The Labute approximate surface area is 187 Å². The van der Waals surface area contributed by atoms with E-state index in [9.17, 15) is 14.4 Å². The third kappa shape index (κ3) is 3.87. The van der Waals surface area contributed by atoms with Crippen molar-refractivity contribution < 1.29 is 14.4 Å². The van der Waals surface area contributed by atoms with Crippen molar-refractivity contribution in [3.63, 3.8) is 0 Å². The van der Waals surface area contributed by atoms with Gasteiger partial charge >= 0.3 is 0 Å². The fourth-order valence-electron chi connectivity index (χ4n) is 7.52. The van der Waals surface area contributed by atoms with Crippen molar-refractivity contribution in [3.8, 4) is 0 Å². The van der Waals surface area contributed by atoms with Crippen LogP contribution in [0.4, 0.5) is 0 Å². The normalized spacial score (nSPS) is 40.0. The summed E-state index contributed by atoms with van der Waals surface area (Å²) in [6.45, 7) is 8.51. The highest BCUT2D eigenvalue weighted by molar-refractivity contribution is 6.19. The highest BCUT2D eigenvalue weighted by atomic mass is 16.2. The summed E-state index contributed by atoms with van der Waals surface area (Å²) in [4.78, 5) is 38.1. The van der Waals surface area contributed by atoms with Gasteiger partial charge in [-0.15, -0.1) is 0 Å². The molecule has 3 saturated carbocycles. The minimum absolute atomic E-state index is 0.0293. The van der Waals surface area contributed by atoms with Crippen LogP contribution in [-0.2, 0) is 14.4 Å². The summed E-state index contributed by atoms with van der Waals surface area (Å²) in [7, 11) is 0. The zero-order chi connectivity index (χ0) is 22.4. The Morgan fingerprint density at radius 2 is 1.94 bits per heavy atom. The molecular weight excluding hydrogens is 388 g/mol. The molecule has 3 aliphatic carbocycles. The topological polar surface area (TPSA) is 75.3 Å². The van der Waals surface area contributed by atoms with E-state index >= 15 is 0 Å². The van der Waals surface area contributed by atoms with Crippen LogP contribution in [0.2, 0.25) is 0 Å². The van der Waals surface area contributed by atoms with E-state index in [1.165, 1.54) is 38.5 Å². The molecule has 5 heteroatoms. The van der Waals surface area contributed by atoms with Gasteiger partial charge in [0.2, 0.25) is 0 Å². The molecule has 4 rings (SSSR count). The van der Waals surface area contributed by atoms with E-state index in [0.29, 0.717) is 23.7 Å². The molecule has 5 nitrogen and oxygen atoms in total. The lowest BCUT2D eigenvalue weighted by molar-refractivity contribution is -0.130. The molecule has 172 valence electrons. The number of hydrogen-bond donors (Lipinski definition) is 2. The first kappa shape index (κ1) is 22.5. The first-order valence-corrected chi connectivity index (χ1v) is 12.6. The van der Waals surface area contributed by atoms with Crippen LogP contribution in [0.15, 0.2) is 11.6 Å². The van der Waals surface area contributed by atoms with E-state index in [1.807, 2.05) is 13.0 Å². The van der Waals surface area contributed by atoms with Crippen LogP contribution in [0.1, 0.15) is 91.9 Å². The van der Waals surface area contributed by atoms with Crippen LogP contribution in [0.25, 0.3) is 0 Å². The molecular formula is C26H40N2O3. The molecule has 2 amide bonds. The Balaban J connectivity index is 1.55. The van der Waals surface area contributed by atoms with Gasteiger partial charge in [-0.25, -0.2) is 0 Å². The zero-order valence-electron chi connectivity index (χ0n) is 19.8. The predicted molar refractivity (Wildman–Crippen MR) is 121 cm³/mol. The molecule has 0 spiro atoms. The van der Waals surface area contributed by atoms with E-state index in [-0.39, 0.29) is 28.7 Å². The standard InChI is InChI=1S/C26H40N2O3/c1-5-6-9-21(29)16(2)27-23(30)18-15-26(4)20-12-14-25(3)13-7-8-19(25)17(20)10-11-22(26)28-24(18)31/h15-17,19-20,22H,5-14H2,1-4H3,(H,27,30)(H,28,31)/t16?,17-,19-,20+,22?,25-,26+/m0/s1. The van der Waals surface area contributed by atoms with E-state index < -0.39 is 11.9 Å². The van der Waals surface area contributed by atoms with Gasteiger partial charge in [0, 0.05) is 17.9 Å². The number of unbranched alkanes of at least 4 members (excludes halogenated alkanes) is 1. The van der Waals surface area contributed by atoms with E-state index in [4.69, 9.17) is 0 Å². The number of carbonyl (C=O) groups excluding carboxylic acids is 3. The largest absolute Gasteiger partial charge is 0.348 e. The van der Waals surface area contributed by atoms with Gasteiger partial charge in [0.25, 0.3) is 11.8 Å². The van der Waals surface area contributed by atoms with Crippen LogP contribution in [0.3, 0.4) is 0 Å². The molecule has 0 aromatic heterocycles. The molecule has 7 atom stereocenters. The van der Waals surface area contributed by atoms with Crippen LogP contribution in [0.5, 0.6) is 0 Å². The molecule has 31 heavy (non-hydrogen) atoms. The van der Waals surface area contributed by atoms with Gasteiger partial charge in [-0.3, -0.25) is 14.4 Å². The molecule has 0 bridgehead atoms. The number of rotatable bonds is 6. The molecule has 0 saturated heterocycles. The number of nitrogens with one attached hydrogen (secondary N) is 2. The second kappa shape index (κ2) is 8.37. The zero-order valence-corrected chi connectivity index (χ0v) is 19.8. The Kier molecular flexibility index (Phi) is 6.08. The third-order valence-corrected chi connectivity index (χ3v) is 9.41. The predicted octanol–water partition coefficient (Wildman–Crippen LogP) is 4.31. The van der Waals surface area contributed by atoms with Crippen LogP contribution >= 0.6 is 0 Å². The lowest BCUT2D eigenvalue weighted by atomic mass is 9.48. The fraction of sp³-hybridized carbons (Fsp3) is 0.808. The summed E-state index contributed by atoms with van der Waals surface area (Å²) in [5.74, 6) is 1.32. The van der Waals surface area contributed by atoms with Gasteiger partial charge in [-0.1, -0.05) is 39.7 Å². The monoisotopic (exact) mass is 428 g/mol. The molecule has 1 aliphatic heterocycles. The van der Waals surface area contributed by atoms with E-state index in [2.05, 4.69) is 24.5 Å². The lowest BCUT2D eigenvalue weighted by Crippen LogP contribution is -2.60. The molecule has 3 fully saturated rings. The molecule has 0 aromatic rings. The van der Waals surface area contributed by atoms with Gasteiger partial charge < -0.3 is 10.6 Å². The van der Waals surface area contributed by atoms with Crippen LogP contribution < -0.4 is 10.6 Å². The number of fused-ring (bicyclic) bond motifs is 5. The van der Waals surface area contributed by atoms with Crippen molar-refractivity contribution >= 4 is 17.6 Å². The minimum atomic E-state index is -0.564. The maximum atomic E-state index is 13.0. The molecule has 4 aliphatic rings. The SMILES string of the molecule is CCCCC(=O)C(C)NC(=O)C1=C[C@@]2(C)C(CC[C@@H]3[C@H]2CC[C@]2(C)CCC[C@@H]32)NC1=O. The van der Waals surface area contributed by atoms with Crippen LogP contribution in [-0.4, -0.2) is 29.7 Å². The molecule has 2 unspecified atom stereocenters. The molecule has 1 heterocycles. The molecule has 2 N–H and O–H groups in total. The number of carbonyl (C=O) groups is 3. The van der Waals surface area contributed by atoms with Gasteiger partial charge in [-0.05, 0) is 75.0 Å². The quantitative estimate of drug-likeness (QED) is 0.619. The maximum absolute atomic E-state index is 13.0. The summed E-state index contributed by atoms with van der Waals surface area (Å²) in [5.41, 5.74) is 0.498. The summed E-state index contributed by atoms with van der Waals surface area (Å²) >= 11 is 0. The Morgan fingerprint density at radius 1 is 1.16 bits per heavy atom. The summed E-state index contributed by atoms with van der Waals surface area (Å²) in [6.07, 6.45) is 12.9. The fourth-order valence-corrected chi connectivity index (χ4v) is 7.52. The Morgan fingerprint density at radius 3 is 2.68 bits per heavy atom. The van der Waals surface area contributed by atoms with E-state index in [0.717, 1.165) is 25.2 Å². The first-order chi connectivity index (χ1) is 14.7. The summed E-state index contributed by atoms with van der Waals surface area (Å²) in [6, 6.07) is -0.460. The van der Waals surface area contributed by atoms with Gasteiger partial charge in [0.1, 0.15) is 5.57 Å². The number of Topliss-reactive ketones (excluding diaryl/α,β-unsaturated/α-hetero) is 1. The van der Waals surface area contributed by atoms with Crippen molar-refractivity contribution in [1.29, 1.82) is 0 Å². The molecule has 0 aromatic carbocycles. The lowest BCUT2D eigenvalue weighted by Gasteiger charge is -2.58. The van der Waals surface area contributed by atoms with Crippen molar-refractivity contribution in [2.24, 2.45) is 28.6 Å². The van der Waals surface area contributed by atoms with Gasteiger partial charge in [-0.2, -0.15) is 0 Å². The first-order valence-electron chi connectivity index (χ1n) is 12.6. The van der Waals surface area contributed by atoms with Crippen molar-refractivity contribution in [1.82, 2.24) is 10.6 Å². The van der Waals surface area contributed by atoms with Crippen molar-refractivity contribution in [2.45, 2.75) is 104 Å². The highest BCUT2D eigenvalue weighted by Gasteiger charge is 2.58. The second-order valence-corrected chi connectivity index (χ2v) is 11.3. The second-order valence-electron chi connectivity index (χ2n) is 11.3. The summed E-state index contributed by atoms with van der Waals surface area (Å²) in [5, 5.41) is 5.97. The average molecular weight is 429 g/mol. The van der Waals surface area contributed by atoms with Crippen molar-refractivity contribution in [2.75, 3.05) is 0 Å². The van der Waals surface area contributed by atoms with Gasteiger partial charge in [0.15, 0.2) is 5.78 Å². The summed E-state index contributed by atoms with van der Waals surface area (Å²) < 4.78 is 0.